The summed E-state index contributed by atoms with van der Waals surface area (Å²) in [6.45, 7) is 11.5. The third-order valence-electron chi connectivity index (χ3n) is 3.28. The maximum atomic E-state index is 5.70. The molecule has 1 aromatic rings. The molecule has 0 spiro atoms. The Morgan fingerprint density at radius 3 is 2.42 bits per heavy atom. The zero-order valence-corrected chi connectivity index (χ0v) is 12.9. The molecule has 1 unspecified atom stereocenters. The molecule has 0 aliphatic heterocycles. The van der Waals surface area contributed by atoms with Crippen molar-refractivity contribution in [3.8, 4) is 0 Å². The highest BCUT2D eigenvalue weighted by atomic mass is 16.5. The molecule has 1 rings (SSSR count). The van der Waals surface area contributed by atoms with Crippen molar-refractivity contribution in [1.82, 2.24) is 5.32 Å². The van der Waals surface area contributed by atoms with E-state index >= 15 is 0 Å². The molecular formula is C17H29NO. The first-order valence-electron chi connectivity index (χ1n) is 7.52. The van der Waals surface area contributed by atoms with Crippen molar-refractivity contribution in [2.24, 2.45) is 0 Å². The van der Waals surface area contributed by atoms with Gasteiger partial charge in [0.15, 0.2) is 0 Å². The number of aryl methyl sites for hydroxylation is 1. The fourth-order valence-corrected chi connectivity index (χ4v) is 2.12. The van der Waals surface area contributed by atoms with Crippen molar-refractivity contribution in [2.45, 2.75) is 52.6 Å². The van der Waals surface area contributed by atoms with Gasteiger partial charge in [0, 0.05) is 13.2 Å². The van der Waals surface area contributed by atoms with Crippen LogP contribution in [-0.4, -0.2) is 25.8 Å². The lowest BCUT2D eigenvalue weighted by atomic mass is 9.95. The molecule has 108 valence electrons. The lowest BCUT2D eigenvalue weighted by Gasteiger charge is -2.19. The molecule has 0 saturated heterocycles. The lowest BCUT2D eigenvalue weighted by molar-refractivity contribution is 0.0733. The second kappa shape index (κ2) is 9.11. The van der Waals surface area contributed by atoms with Crippen LogP contribution in [0.2, 0.25) is 0 Å². The van der Waals surface area contributed by atoms with E-state index < -0.39 is 0 Å². The van der Waals surface area contributed by atoms with Crippen LogP contribution in [0.25, 0.3) is 0 Å². The summed E-state index contributed by atoms with van der Waals surface area (Å²) in [7, 11) is 0. The van der Waals surface area contributed by atoms with Gasteiger partial charge in [0.05, 0.1) is 6.10 Å². The molecule has 2 nitrogen and oxygen atoms in total. The first kappa shape index (κ1) is 16.2. The van der Waals surface area contributed by atoms with Gasteiger partial charge in [-0.2, -0.15) is 0 Å². The van der Waals surface area contributed by atoms with E-state index in [2.05, 4.69) is 57.3 Å². The quantitative estimate of drug-likeness (QED) is 0.682. The van der Waals surface area contributed by atoms with Crippen molar-refractivity contribution >= 4 is 0 Å². The number of nitrogens with one attached hydrogen (secondary N) is 1. The molecule has 0 aliphatic rings. The lowest BCUT2D eigenvalue weighted by Crippen LogP contribution is -2.23. The molecule has 1 N–H and O–H groups in total. The molecule has 2 heteroatoms. The highest BCUT2D eigenvalue weighted by Crippen LogP contribution is 2.20. The van der Waals surface area contributed by atoms with Crippen molar-refractivity contribution in [3.05, 3.63) is 35.4 Å². The summed E-state index contributed by atoms with van der Waals surface area (Å²) in [5.41, 5.74) is 2.74. The Kier molecular flexibility index (Phi) is 7.76. The zero-order chi connectivity index (χ0) is 14.1. The maximum absolute atomic E-state index is 5.70. The fraction of sp³-hybridized carbons (Fsp3) is 0.647. The molecule has 0 fully saturated rings. The van der Waals surface area contributed by atoms with Crippen LogP contribution in [0, 0.1) is 6.92 Å². The van der Waals surface area contributed by atoms with Gasteiger partial charge in [-0.3, -0.25) is 0 Å². The maximum Gasteiger partial charge on any atom is 0.0518 e. The van der Waals surface area contributed by atoms with Gasteiger partial charge in [-0.1, -0.05) is 36.8 Å². The first-order valence-corrected chi connectivity index (χ1v) is 7.52. The van der Waals surface area contributed by atoms with Gasteiger partial charge in [-0.05, 0) is 51.6 Å². The second-order valence-corrected chi connectivity index (χ2v) is 5.52. The van der Waals surface area contributed by atoms with Gasteiger partial charge in [0.25, 0.3) is 0 Å². The van der Waals surface area contributed by atoms with E-state index in [-0.39, 0.29) is 0 Å². The molecule has 0 aliphatic carbocycles. The third-order valence-corrected chi connectivity index (χ3v) is 3.28. The molecule has 1 aromatic carbocycles. The smallest absolute Gasteiger partial charge is 0.0518 e. The third kappa shape index (κ3) is 6.74. The van der Waals surface area contributed by atoms with Crippen molar-refractivity contribution in [2.75, 3.05) is 19.7 Å². The van der Waals surface area contributed by atoms with Gasteiger partial charge in [-0.15, -0.1) is 0 Å². The normalized spacial score (nSPS) is 12.9. The number of rotatable bonds is 9. The predicted octanol–water partition coefficient (Wildman–Crippen LogP) is 3.89. The Balaban J connectivity index is 2.54. The van der Waals surface area contributed by atoms with Crippen molar-refractivity contribution in [3.63, 3.8) is 0 Å². The zero-order valence-electron chi connectivity index (χ0n) is 12.9. The van der Waals surface area contributed by atoms with Crippen LogP contribution < -0.4 is 5.32 Å². The van der Waals surface area contributed by atoms with Crippen molar-refractivity contribution in [1.29, 1.82) is 0 Å². The van der Waals surface area contributed by atoms with Gasteiger partial charge in [0.1, 0.15) is 0 Å². The van der Waals surface area contributed by atoms with E-state index in [1.165, 1.54) is 17.5 Å². The summed E-state index contributed by atoms with van der Waals surface area (Å²) in [6, 6.07) is 8.91. The van der Waals surface area contributed by atoms with Crippen LogP contribution in [0.5, 0.6) is 0 Å². The predicted molar refractivity (Wildman–Crippen MR) is 82.8 cm³/mol. The minimum atomic E-state index is 0.322. The number of benzene rings is 1. The average molecular weight is 263 g/mol. The van der Waals surface area contributed by atoms with Crippen LogP contribution >= 0.6 is 0 Å². The second-order valence-electron chi connectivity index (χ2n) is 5.52. The summed E-state index contributed by atoms with van der Waals surface area (Å²) in [5, 5.41) is 3.53. The van der Waals surface area contributed by atoms with E-state index in [0.717, 1.165) is 26.1 Å². The summed E-state index contributed by atoms with van der Waals surface area (Å²) in [5.74, 6) is 0.547. The van der Waals surface area contributed by atoms with Gasteiger partial charge in [-0.25, -0.2) is 0 Å². The minimum Gasteiger partial charge on any atom is -0.379 e. The Labute approximate surface area is 118 Å². The van der Waals surface area contributed by atoms with Crippen LogP contribution in [0.3, 0.4) is 0 Å². The van der Waals surface area contributed by atoms with Gasteiger partial charge in [0.2, 0.25) is 0 Å². The Morgan fingerprint density at radius 1 is 1.16 bits per heavy atom. The standard InChI is InChI=1S/C17H29NO/c1-5-11-18-13-17(10-12-19-14(2)3)16-8-6-15(4)7-9-16/h6-9,14,17-18H,5,10-13H2,1-4H3. The van der Waals surface area contributed by atoms with Crippen LogP contribution in [-0.2, 0) is 4.74 Å². The molecule has 0 amide bonds. The monoisotopic (exact) mass is 263 g/mol. The van der Waals surface area contributed by atoms with E-state index in [9.17, 15) is 0 Å². The fourth-order valence-electron chi connectivity index (χ4n) is 2.12. The molecule has 1 atom stereocenters. The first-order chi connectivity index (χ1) is 9.13. The molecule has 0 aromatic heterocycles. The Bertz CT molecular complexity index is 332. The summed E-state index contributed by atoms with van der Waals surface area (Å²) in [4.78, 5) is 0. The van der Waals surface area contributed by atoms with Crippen LogP contribution in [0.15, 0.2) is 24.3 Å². The number of hydrogen-bond donors (Lipinski definition) is 1. The topological polar surface area (TPSA) is 21.3 Å². The van der Waals surface area contributed by atoms with E-state index in [1.54, 1.807) is 0 Å². The Morgan fingerprint density at radius 2 is 1.84 bits per heavy atom. The van der Waals surface area contributed by atoms with E-state index in [1.807, 2.05) is 0 Å². The highest BCUT2D eigenvalue weighted by molar-refractivity contribution is 5.24. The number of hydrogen-bond acceptors (Lipinski definition) is 2. The largest absolute Gasteiger partial charge is 0.379 e. The molecule has 19 heavy (non-hydrogen) atoms. The van der Waals surface area contributed by atoms with Gasteiger partial charge < -0.3 is 10.1 Å². The number of ether oxygens (including phenoxy) is 1. The van der Waals surface area contributed by atoms with Gasteiger partial charge >= 0.3 is 0 Å². The summed E-state index contributed by atoms with van der Waals surface area (Å²) < 4.78 is 5.70. The minimum absolute atomic E-state index is 0.322. The molecular weight excluding hydrogens is 234 g/mol. The van der Waals surface area contributed by atoms with Crippen LogP contribution in [0.1, 0.15) is 50.7 Å². The molecule has 0 saturated carbocycles. The average Bonchev–Trinajstić information content (AvgIpc) is 2.38. The summed E-state index contributed by atoms with van der Waals surface area (Å²) in [6.07, 6.45) is 2.59. The van der Waals surface area contributed by atoms with E-state index in [4.69, 9.17) is 4.74 Å². The SMILES string of the molecule is CCCNCC(CCOC(C)C)c1ccc(C)cc1. The Hall–Kier alpha value is -0.860. The molecule has 0 radical (unpaired) electrons. The summed E-state index contributed by atoms with van der Waals surface area (Å²) >= 11 is 0. The van der Waals surface area contributed by atoms with Crippen molar-refractivity contribution < 1.29 is 4.74 Å². The van der Waals surface area contributed by atoms with Crippen LogP contribution in [0.4, 0.5) is 0 Å². The molecule has 0 bridgehead atoms. The highest BCUT2D eigenvalue weighted by Gasteiger charge is 2.11. The molecule has 0 heterocycles. The van der Waals surface area contributed by atoms with E-state index in [0.29, 0.717) is 12.0 Å².